The van der Waals surface area contributed by atoms with E-state index in [-0.39, 0.29) is 30.1 Å². The molecule has 0 heterocycles. The number of carbonyl (C=O) groups excluding carboxylic acids is 1. The van der Waals surface area contributed by atoms with Crippen molar-refractivity contribution in [3.8, 4) is 0 Å². The van der Waals surface area contributed by atoms with Gasteiger partial charge in [0.2, 0.25) is 0 Å². The third-order valence-corrected chi connectivity index (χ3v) is 2.84. The maximum absolute atomic E-state index is 11.7. The topological polar surface area (TPSA) is 58.6 Å². The zero-order chi connectivity index (χ0) is 13.5. The maximum atomic E-state index is 11.7. The zero-order valence-electron chi connectivity index (χ0n) is 11.7. The van der Waals surface area contributed by atoms with E-state index in [1.54, 1.807) is 6.92 Å². The Morgan fingerprint density at radius 1 is 1.35 bits per heavy atom. The quantitative estimate of drug-likeness (QED) is 0.670. The number of aliphatic hydroxyl groups is 1. The normalized spacial score (nSPS) is 15.4. The molecule has 0 saturated carbocycles. The first-order chi connectivity index (χ1) is 7.86. The van der Waals surface area contributed by atoms with Crippen LogP contribution < -0.4 is 5.32 Å². The second-order valence-corrected chi connectivity index (χ2v) is 5.31. The lowest BCUT2D eigenvalue weighted by atomic mass is 9.84. The van der Waals surface area contributed by atoms with Crippen LogP contribution in [0, 0.1) is 5.41 Å². The van der Waals surface area contributed by atoms with Gasteiger partial charge in [0, 0.05) is 12.6 Å². The minimum absolute atomic E-state index is 0.00262. The summed E-state index contributed by atoms with van der Waals surface area (Å²) >= 11 is 0. The number of carbonyl (C=O) groups is 1. The molecule has 0 aliphatic heterocycles. The van der Waals surface area contributed by atoms with Gasteiger partial charge >= 0.3 is 5.97 Å². The van der Waals surface area contributed by atoms with Crippen LogP contribution >= 0.6 is 0 Å². The van der Waals surface area contributed by atoms with E-state index in [0.29, 0.717) is 19.4 Å². The van der Waals surface area contributed by atoms with Crippen molar-refractivity contribution >= 4 is 5.97 Å². The smallest absolute Gasteiger partial charge is 0.323 e. The summed E-state index contributed by atoms with van der Waals surface area (Å²) in [6, 6.07) is -0.187. The highest BCUT2D eigenvalue weighted by atomic mass is 16.5. The Kier molecular flexibility index (Phi) is 7.39. The van der Waals surface area contributed by atoms with E-state index in [9.17, 15) is 4.79 Å². The minimum Gasteiger partial charge on any atom is -0.465 e. The van der Waals surface area contributed by atoms with Crippen molar-refractivity contribution in [1.29, 1.82) is 0 Å². The fourth-order valence-corrected chi connectivity index (χ4v) is 1.73. The molecule has 0 aliphatic carbocycles. The number of ether oxygens (including phenoxy) is 1. The van der Waals surface area contributed by atoms with Crippen LogP contribution in [0.4, 0.5) is 0 Å². The molecule has 2 atom stereocenters. The summed E-state index contributed by atoms with van der Waals surface area (Å²) in [6.45, 7) is 10.6. The lowest BCUT2D eigenvalue weighted by Gasteiger charge is -2.33. The highest BCUT2D eigenvalue weighted by Crippen LogP contribution is 2.22. The largest absolute Gasteiger partial charge is 0.465 e. The van der Waals surface area contributed by atoms with Gasteiger partial charge in [0.1, 0.15) is 6.04 Å². The van der Waals surface area contributed by atoms with Crippen molar-refractivity contribution in [2.45, 2.75) is 59.5 Å². The molecule has 0 aliphatic rings. The first kappa shape index (κ1) is 16.4. The third-order valence-electron chi connectivity index (χ3n) is 2.84. The van der Waals surface area contributed by atoms with Crippen molar-refractivity contribution in [2.24, 2.45) is 5.41 Å². The van der Waals surface area contributed by atoms with E-state index in [1.807, 2.05) is 6.92 Å². The van der Waals surface area contributed by atoms with E-state index >= 15 is 0 Å². The monoisotopic (exact) mass is 245 g/mol. The molecule has 0 spiro atoms. The van der Waals surface area contributed by atoms with Gasteiger partial charge in [-0.1, -0.05) is 27.7 Å². The Hall–Kier alpha value is -0.610. The molecule has 17 heavy (non-hydrogen) atoms. The van der Waals surface area contributed by atoms with E-state index in [2.05, 4.69) is 26.1 Å². The minimum atomic E-state index is -0.286. The van der Waals surface area contributed by atoms with Gasteiger partial charge in [-0.3, -0.25) is 4.79 Å². The van der Waals surface area contributed by atoms with E-state index < -0.39 is 0 Å². The number of hydrogen-bond acceptors (Lipinski definition) is 4. The number of hydrogen-bond donors (Lipinski definition) is 2. The second-order valence-electron chi connectivity index (χ2n) is 5.31. The highest BCUT2D eigenvalue weighted by Gasteiger charge is 2.28. The lowest BCUT2D eigenvalue weighted by Crippen LogP contribution is -2.49. The molecule has 0 rings (SSSR count). The molecule has 0 fully saturated rings. The Morgan fingerprint density at radius 2 is 1.94 bits per heavy atom. The fourth-order valence-electron chi connectivity index (χ4n) is 1.73. The molecule has 2 N–H and O–H groups in total. The van der Waals surface area contributed by atoms with Crippen LogP contribution in [-0.4, -0.2) is 36.4 Å². The molecule has 4 nitrogen and oxygen atoms in total. The lowest BCUT2D eigenvalue weighted by molar-refractivity contribution is -0.146. The van der Waals surface area contributed by atoms with Crippen LogP contribution in [0.1, 0.15) is 47.5 Å². The van der Waals surface area contributed by atoms with Gasteiger partial charge in [-0.05, 0) is 25.2 Å². The first-order valence-electron chi connectivity index (χ1n) is 6.40. The molecular formula is C13H27NO3. The van der Waals surface area contributed by atoms with Gasteiger partial charge in [0.05, 0.1) is 6.61 Å². The Balaban J connectivity index is 4.54. The molecule has 0 aromatic rings. The first-order valence-corrected chi connectivity index (χ1v) is 6.40. The maximum Gasteiger partial charge on any atom is 0.323 e. The van der Waals surface area contributed by atoms with Crippen molar-refractivity contribution in [3.05, 3.63) is 0 Å². The van der Waals surface area contributed by atoms with Crippen LogP contribution in [0.3, 0.4) is 0 Å². The number of nitrogens with one attached hydrogen (secondary N) is 1. The molecule has 0 aromatic carbocycles. The van der Waals surface area contributed by atoms with Gasteiger partial charge < -0.3 is 15.2 Å². The Labute approximate surface area is 105 Å². The summed E-state index contributed by atoms with van der Waals surface area (Å²) in [6.07, 6.45) is 1.33. The Morgan fingerprint density at radius 3 is 2.29 bits per heavy atom. The summed E-state index contributed by atoms with van der Waals surface area (Å²) in [5.74, 6) is -0.206. The van der Waals surface area contributed by atoms with Gasteiger partial charge in [0.25, 0.3) is 0 Å². The van der Waals surface area contributed by atoms with Gasteiger partial charge in [-0.15, -0.1) is 0 Å². The van der Waals surface area contributed by atoms with Crippen LogP contribution in [0.15, 0.2) is 0 Å². The van der Waals surface area contributed by atoms with Gasteiger partial charge in [0.15, 0.2) is 0 Å². The predicted octanol–water partition coefficient (Wildman–Crippen LogP) is 1.71. The zero-order valence-corrected chi connectivity index (χ0v) is 11.7. The fraction of sp³-hybridized carbons (Fsp3) is 0.923. The van der Waals surface area contributed by atoms with E-state index in [0.717, 1.165) is 0 Å². The van der Waals surface area contributed by atoms with Crippen molar-refractivity contribution in [3.63, 3.8) is 0 Å². The number of esters is 1. The van der Waals surface area contributed by atoms with Gasteiger partial charge in [-0.2, -0.15) is 0 Å². The van der Waals surface area contributed by atoms with Crippen LogP contribution in [0.25, 0.3) is 0 Å². The highest BCUT2D eigenvalue weighted by molar-refractivity contribution is 5.75. The van der Waals surface area contributed by atoms with Crippen molar-refractivity contribution < 1.29 is 14.6 Å². The molecule has 0 radical (unpaired) electrons. The number of rotatable bonds is 7. The third kappa shape index (κ3) is 6.03. The summed E-state index contributed by atoms with van der Waals surface area (Å²) in [7, 11) is 0. The predicted molar refractivity (Wildman–Crippen MR) is 68.8 cm³/mol. The van der Waals surface area contributed by atoms with E-state index in [1.165, 1.54) is 0 Å². The standard InChI is InChI=1S/C13H27NO3/c1-6-10(12(16)17-7-2)14-11(8-9-15)13(3,4)5/h10-11,14-15H,6-9H2,1-5H3. The van der Waals surface area contributed by atoms with Crippen LogP contribution in [-0.2, 0) is 9.53 Å². The molecular weight excluding hydrogens is 218 g/mol. The van der Waals surface area contributed by atoms with Crippen LogP contribution in [0.5, 0.6) is 0 Å². The average molecular weight is 245 g/mol. The molecule has 0 saturated heterocycles. The Bertz CT molecular complexity index is 223. The van der Waals surface area contributed by atoms with Crippen LogP contribution in [0.2, 0.25) is 0 Å². The summed E-state index contributed by atoms with van der Waals surface area (Å²) < 4.78 is 5.02. The number of aliphatic hydroxyl groups excluding tert-OH is 1. The molecule has 4 heteroatoms. The molecule has 0 amide bonds. The van der Waals surface area contributed by atoms with Crippen molar-refractivity contribution in [2.75, 3.05) is 13.2 Å². The molecule has 102 valence electrons. The van der Waals surface area contributed by atoms with Gasteiger partial charge in [-0.25, -0.2) is 0 Å². The summed E-state index contributed by atoms with van der Waals surface area (Å²) in [5.41, 5.74) is 0.00262. The van der Waals surface area contributed by atoms with E-state index in [4.69, 9.17) is 9.84 Å². The second kappa shape index (κ2) is 7.67. The summed E-state index contributed by atoms with van der Waals surface area (Å²) in [4.78, 5) is 11.7. The molecule has 2 unspecified atom stereocenters. The SMILES string of the molecule is CCOC(=O)C(CC)NC(CCO)C(C)(C)C. The average Bonchev–Trinajstić information content (AvgIpc) is 2.22. The molecule has 0 aromatic heterocycles. The van der Waals surface area contributed by atoms with Crippen molar-refractivity contribution in [1.82, 2.24) is 5.32 Å². The molecule has 0 bridgehead atoms. The summed E-state index contributed by atoms with van der Waals surface area (Å²) in [5, 5.41) is 12.4.